The first-order valence-corrected chi connectivity index (χ1v) is 3.12. The highest BCUT2D eigenvalue weighted by Gasteiger charge is 2.30. The van der Waals surface area contributed by atoms with Crippen molar-refractivity contribution in [3.8, 4) is 0 Å². The van der Waals surface area contributed by atoms with Gasteiger partial charge in [0.25, 0.3) is 0 Å². The van der Waals surface area contributed by atoms with Gasteiger partial charge in [-0.25, -0.2) is 0 Å². The number of hydrogen-bond acceptors (Lipinski definition) is 1. The summed E-state index contributed by atoms with van der Waals surface area (Å²) in [5.41, 5.74) is 0.956. The Labute approximate surface area is 48.9 Å². The van der Waals surface area contributed by atoms with Crippen molar-refractivity contribution in [2.45, 2.75) is 12.8 Å². The zero-order valence-electron chi connectivity index (χ0n) is 4.72. The predicted molar refractivity (Wildman–Crippen MR) is 33.1 cm³/mol. The molecule has 1 saturated carbocycles. The highest BCUT2D eigenvalue weighted by atomic mass is 14.5. The van der Waals surface area contributed by atoms with Crippen molar-refractivity contribution in [1.82, 2.24) is 0 Å². The van der Waals surface area contributed by atoms with Crippen LogP contribution < -0.4 is 0 Å². The molecule has 2 aliphatic carbocycles. The highest BCUT2D eigenvalue weighted by Crippen LogP contribution is 2.35. The molecule has 0 aromatic heterocycles. The number of allylic oxidation sites excluding steroid dienone is 2. The van der Waals surface area contributed by atoms with Crippen molar-refractivity contribution in [2.24, 2.45) is 11.8 Å². The van der Waals surface area contributed by atoms with Crippen LogP contribution in [0.1, 0.15) is 12.8 Å². The summed E-state index contributed by atoms with van der Waals surface area (Å²) in [4.78, 5) is 0. The molecule has 2 bridgehead atoms. The summed E-state index contributed by atoms with van der Waals surface area (Å²) in [6.45, 7) is 0. The number of rotatable bonds is 0. The fraction of sp³-hybridized carbons (Fsp3) is 0.571. The molecular formula is C7H9N. The molecule has 0 heterocycles. The summed E-state index contributed by atoms with van der Waals surface area (Å²) >= 11 is 0. The Balaban J connectivity index is 2.35. The van der Waals surface area contributed by atoms with Crippen LogP contribution in [-0.4, -0.2) is 5.71 Å². The molecule has 0 radical (unpaired) electrons. The van der Waals surface area contributed by atoms with Crippen LogP contribution in [-0.2, 0) is 0 Å². The van der Waals surface area contributed by atoms with E-state index in [1.54, 1.807) is 0 Å². The summed E-state index contributed by atoms with van der Waals surface area (Å²) < 4.78 is 0. The topological polar surface area (TPSA) is 23.9 Å². The van der Waals surface area contributed by atoms with Gasteiger partial charge in [0.1, 0.15) is 0 Å². The van der Waals surface area contributed by atoms with Crippen LogP contribution in [0, 0.1) is 17.2 Å². The van der Waals surface area contributed by atoms with Gasteiger partial charge < -0.3 is 5.41 Å². The van der Waals surface area contributed by atoms with Crippen LogP contribution in [0.3, 0.4) is 0 Å². The molecule has 1 fully saturated rings. The van der Waals surface area contributed by atoms with Crippen molar-refractivity contribution in [2.75, 3.05) is 0 Å². The Morgan fingerprint density at radius 3 is 2.62 bits per heavy atom. The fourth-order valence-electron chi connectivity index (χ4n) is 1.62. The normalized spacial score (nSPS) is 41.8. The molecule has 0 unspecified atom stereocenters. The highest BCUT2D eigenvalue weighted by molar-refractivity contribution is 5.89. The van der Waals surface area contributed by atoms with Gasteiger partial charge in [-0.1, -0.05) is 12.2 Å². The van der Waals surface area contributed by atoms with Gasteiger partial charge in [0.05, 0.1) is 0 Å². The first kappa shape index (κ1) is 4.30. The summed E-state index contributed by atoms with van der Waals surface area (Å²) in [6.07, 6.45) is 6.71. The summed E-state index contributed by atoms with van der Waals surface area (Å²) in [6, 6.07) is 0. The van der Waals surface area contributed by atoms with Crippen LogP contribution >= 0.6 is 0 Å². The van der Waals surface area contributed by atoms with Crippen molar-refractivity contribution in [3.05, 3.63) is 12.2 Å². The van der Waals surface area contributed by atoms with Crippen LogP contribution in [0.2, 0.25) is 0 Å². The predicted octanol–water partition coefficient (Wildman–Crippen LogP) is 1.60. The van der Waals surface area contributed by atoms with Gasteiger partial charge >= 0.3 is 0 Å². The second kappa shape index (κ2) is 1.22. The lowest BCUT2D eigenvalue weighted by Gasteiger charge is -2.00. The fourth-order valence-corrected chi connectivity index (χ4v) is 1.62. The molecule has 0 amide bonds. The van der Waals surface area contributed by atoms with Crippen LogP contribution in [0.15, 0.2) is 12.2 Å². The maximum Gasteiger partial charge on any atom is 0.0164 e. The zero-order chi connectivity index (χ0) is 5.56. The molecule has 8 heavy (non-hydrogen) atoms. The molecule has 0 saturated heterocycles. The van der Waals surface area contributed by atoms with E-state index in [2.05, 4.69) is 12.2 Å². The number of fused-ring (bicyclic) bond motifs is 2. The zero-order valence-corrected chi connectivity index (χ0v) is 4.72. The minimum Gasteiger partial charge on any atom is -0.309 e. The molecule has 1 N–H and O–H groups in total. The maximum absolute atomic E-state index is 7.39. The molecule has 2 atom stereocenters. The van der Waals surface area contributed by atoms with Gasteiger partial charge in [0.2, 0.25) is 0 Å². The van der Waals surface area contributed by atoms with E-state index in [1.807, 2.05) is 0 Å². The lowest BCUT2D eigenvalue weighted by molar-refractivity contribution is 0.693. The number of hydrogen-bond donors (Lipinski definition) is 1. The van der Waals surface area contributed by atoms with Crippen molar-refractivity contribution >= 4 is 5.71 Å². The Hall–Kier alpha value is -0.590. The second-order valence-electron chi connectivity index (χ2n) is 2.72. The Kier molecular flexibility index (Phi) is 0.655. The van der Waals surface area contributed by atoms with E-state index in [-0.39, 0.29) is 0 Å². The van der Waals surface area contributed by atoms with Gasteiger partial charge in [-0.3, -0.25) is 0 Å². The van der Waals surface area contributed by atoms with Crippen LogP contribution in [0.4, 0.5) is 0 Å². The van der Waals surface area contributed by atoms with Gasteiger partial charge in [0, 0.05) is 11.6 Å². The van der Waals surface area contributed by atoms with E-state index in [0.29, 0.717) is 5.92 Å². The monoisotopic (exact) mass is 107 g/mol. The first-order chi connectivity index (χ1) is 3.86. The summed E-state index contributed by atoms with van der Waals surface area (Å²) in [7, 11) is 0. The number of nitrogens with one attached hydrogen (secondary N) is 1. The lowest BCUT2D eigenvalue weighted by Crippen LogP contribution is -2.01. The Morgan fingerprint density at radius 2 is 2.38 bits per heavy atom. The molecule has 0 aromatic rings. The van der Waals surface area contributed by atoms with Crippen molar-refractivity contribution < 1.29 is 0 Å². The van der Waals surface area contributed by atoms with Gasteiger partial charge in [-0.15, -0.1) is 0 Å². The molecule has 1 nitrogen and oxygen atoms in total. The summed E-state index contributed by atoms with van der Waals surface area (Å²) in [5, 5.41) is 7.39. The van der Waals surface area contributed by atoms with E-state index in [1.165, 1.54) is 6.42 Å². The average Bonchev–Trinajstić information content (AvgIpc) is 2.23. The van der Waals surface area contributed by atoms with Gasteiger partial charge in [-0.2, -0.15) is 0 Å². The molecule has 0 aromatic carbocycles. The van der Waals surface area contributed by atoms with Crippen LogP contribution in [0.5, 0.6) is 0 Å². The lowest BCUT2D eigenvalue weighted by atomic mass is 10.1. The van der Waals surface area contributed by atoms with E-state index >= 15 is 0 Å². The maximum atomic E-state index is 7.39. The molecule has 2 rings (SSSR count). The standard InChI is InChI=1S/C7H9N/c8-7-4-5-1-2-6(7)3-5/h1-2,5-6,8H,3-4H2/t5-,6+/m0/s1. The average molecular weight is 107 g/mol. The van der Waals surface area contributed by atoms with E-state index in [0.717, 1.165) is 18.1 Å². The minimum atomic E-state index is 0.542. The van der Waals surface area contributed by atoms with Gasteiger partial charge in [0.15, 0.2) is 0 Å². The third kappa shape index (κ3) is 0.391. The Morgan fingerprint density at radius 1 is 1.50 bits per heavy atom. The van der Waals surface area contributed by atoms with Crippen LogP contribution in [0.25, 0.3) is 0 Å². The second-order valence-corrected chi connectivity index (χ2v) is 2.72. The SMILES string of the molecule is N=C1C[C@H]2C=C[C@@H]1C2. The largest absolute Gasteiger partial charge is 0.309 e. The molecular weight excluding hydrogens is 98.1 g/mol. The smallest absolute Gasteiger partial charge is 0.0164 e. The van der Waals surface area contributed by atoms with E-state index in [9.17, 15) is 0 Å². The molecule has 42 valence electrons. The molecule has 2 aliphatic rings. The summed E-state index contributed by atoms with van der Waals surface area (Å²) in [5.74, 6) is 1.28. The van der Waals surface area contributed by atoms with Gasteiger partial charge in [-0.05, 0) is 18.8 Å². The first-order valence-electron chi connectivity index (χ1n) is 3.12. The minimum absolute atomic E-state index is 0.542. The Bertz CT molecular complexity index is 158. The molecule has 1 heteroatoms. The van der Waals surface area contributed by atoms with E-state index < -0.39 is 0 Å². The van der Waals surface area contributed by atoms with Crippen molar-refractivity contribution in [1.29, 1.82) is 5.41 Å². The quantitative estimate of drug-likeness (QED) is 0.455. The molecule has 0 spiro atoms. The van der Waals surface area contributed by atoms with E-state index in [4.69, 9.17) is 5.41 Å². The molecule has 0 aliphatic heterocycles. The van der Waals surface area contributed by atoms with Crippen molar-refractivity contribution in [3.63, 3.8) is 0 Å². The third-order valence-electron chi connectivity index (χ3n) is 2.10. The third-order valence-corrected chi connectivity index (χ3v) is 2.10.